The summed E-state index contributed by atoms with van der Waals surface area (Å²) in [5, 5.41) is -0.00389. The zero-order chi connectivity index (χ0) is 15.2. The van der Waals surface area contributed by atoms with Gasteiger partial charge in [-0.2, -0.15) is 0 Å². The maximum Gasteiger partial charge on any atom is 0.195 e. The van der Waals surface area contributed by atoms with Crippen molar-refractivity contribution in [3.05, 3.63) is 35.9 Å². The molecule has 0 saturated carbocycles. The summed E-state index contributed by atoms with van der Waals surface area (Å²) in [6.07, 6.45) is 7.72. The summed E-state index contributed by atoms with van der Waals surface area (Å²) < 4.78 is 1.55. The van der Waals surface area contributed by atoms with Crippen molar-refractivity contribution in [3.63, 3.8) is 0 Å². The van der Waals surface area contributed by atoms with Crippen LogP contribution in [0.1, 0.15) is 48.9 Å². The van der Waals surface area contributed by atoms with Crippen molar-refractivity contribution in [2.24, 2.45) is 0 Å². The van der Waals surface area contributed by atoms with Gasteiger partial charge in [0.25, 0.3) is 0 Å². The molecule has 0 bridgehead atoms. The van der Waals surface area contributed by atoms with E-state index in [1.165, 1.54) is 51.6 Å². The number of likely N-dealkylation sites (tertiary alicyclic amines) is 1. The summed E-state index contributed by atoms with van der Waals surface area (Å²) in [7, 11) is 0. The van der Waals surface area contributed by atoms with Crippen molar-refractivity contribution in [2.45, 2.75) is 43.9 Å². The maximum absolute atomic E-state index is 13.0. The van der Waals surface area contributed by atoms with Gasteiger partial charge in [0.1, 0.15) is 11.9 Å². The first kappa shape index (κ1) is 16.0. The molecule has 3 nitrogen and oxygen atoms in total. The lowest BCUT2D eigenvalue weighted by Gasteiger charge is -2.34. The number of hydrogen-bond donors (Lipinski definition) is 1. The first-order chi connectivity index (χ1) is 10.8. The highest BCUT2D eigenvalue weighted by molar-refractivity contribution is 7.94. The largest absolute Gasteiger partial charge is 0.291 e. The minimum Gasteiger partial charge on any atom is -0.291 e. The van der Waals surface area contributed by atoms with Crippen LogP contribution in [0.4, 0.5) is 0 Å². The average molecular weight is 319 g/mol. The summed E-state index contributed by atoms with van der Waals surface area (Å²) in [6, 6.07) is 9.85. The van der Waals surface area contributed by atoms with Gasteiger partial charge in [0.05, 0.1) is 13.1 Å². The van der Waals surface area contributed by atoms with E-state index in [-0.39, 0.29) is 5.37 Å². The Bertz CT molecular complexity index is 467. The van der Waals surface area contributed by atoms with E-state index in [4.69, 9.17) is 0 Å². The molecule has 2 aliphatic rings. The molecule has 4 heteroatoms. The van der Waals surface area contributed by atoms with Gasteiger partial charge in [-0.05, 0) is 45.2 Å². The second kappa shape index (κ2) is 8.14. The summed E-state index contributed by atoms with van der Waals surface area (Å²) in [4.78, 5) is 15.5. The van der Waals surface area contributed by atoms with Crippen LogP contribution in [0, 0.1) is 0 Å². The van der Waals surface area contributed by atoms with Crippen molar-refractivity contribution < 1.29 is 9.10 Å². The normalized spacial score (nSPS) is 22.4. The van der Waals surface area contributed by atoms with Gasteiger partial charge in [0.2, 0.25) is 0 Å². The van der Waals surface area contributed by atoms with Crippen molar-refractivity contribution in [1.82, 2.24) is 4.90 Å². The molecule has 3 rings (SSSR count). The first-order valence-electron chi connectivity index (χ1n) is 8.69. The zero-order valence-electron chi connectivity index (χ0n) is 13.3. The summed E-state index contributed by atoms with van der Waals surface area (Å²) in [5.41, 5.74) is 0.863. The molecule has 22 heavy (non-hydrogen) atoms. The summed E-state index contributed by atoms with van der Waals surface area (Å²) in [6.45, 7) is 4.56. The molecule has 1 aromatic rings. The van der Waals surface area contributed by atoms with Crippen LogP contribution in [0.5, 0.6) is 0 Å². The quantitative estimate of drug-likeness (QED) is 0.666. The molecular formula is C18H27N2OS+. The van der Waals surface area contributed by atoms with Crippen molar-refractivity contribution in [3.8, 4) is 0 Å². The number of carbonyl (C=O) groups excluding carboxylic acids is 1. The van der Waals surface area contributed by atoms with E-state index < -0.39 is 0 Å². The van der Waals surface area contributed by atoms with Gasteiger partial charge < -0.3 is 0 Å². The third kappa shape index (κ3) is 4.12. The van der Waals surface area contributed by atoms with Crippen LogP contribution in [-0.2, 0) is 0 Å². The number of ketones is 1. The molecule has 2 fully saturated rings. The predicted octanol–water partition coefficient (Wildman–Crippen LogP) is 2.40. The van der Waals surface area contributed by atoms with Crippen LogP contribution in [0.15, 0.2) is 30.3 Å². The van der Waals surface area contributed by atoms with Crippen LogP contribution in [0.3, 0.4) is 0 Å². The minimum absolute atomic E-state index is 0.00389. The van der Waals surface area contributed by atoms with Gasteiger partial charge >= 0.3 is 0 Å². The molecule has 0 radical (unpaired) electrons. The number of nitrogens with one attached hydrogen (secondary N) is 1. The molecule has 0 spiro atoms. The molecule has 2 aliphatic heterocycles. The molecule has 1 unspecified atom stereocenters. The predicted molar refractivity (Wildman–Crippen MR) is 92.1 cm³/mol. The lowest BCUT2D eigenvalue weighted by Crippen LogP contribution is -3.07. The average Bonchev–Trinajstić information content (AvgIpc) is 2.61. The lowest BCUT2D eigenvalue weighted by molar-refractivity contribution is -0.762. The molecule has 1 N–H and O–H groups in total. The summed E-state index contributed by atoms with van der Waals surface area (Å²) in [5.74, 6) is 0.297. The lowest BCUT2D eigenvalue weighted by atomic mass is 10.1. The Morgan fingerprint density at radius 1 is 0.955 bits per heavy atom. The fraction of sp³-hybridized carbons (Fsp3) is 0.611. The molecule has 0 amide bonds. The second-order valence-electron chi connectivity index (χ2n) is 6.40. The van der Waals surface area contributed by atoms with Gasteiger partial charge in [-0.15, -0.1) is 0 Å². The minimum atomic E-state index is -0.00389. The van der Waals surface area contributed by atoms with Crippen molar-refractivity contribution in [2.75, 3.05) is 26.2 Å². The molecule has 2 heterocycles. The van der Waals surface area contributed by atoms with Crippen LogP contribution >= 0.6 is 11.9 Å². The van der Waals surface area contributed by atoms with Gasteiger partial charge in [0, 0.05) is 5.56 Å². The standard InChI is InChI=1S/C18H26N2OS/c21-17(16-10-4-1-5-11-16)18(19-12-6-2-7-13-19)22-20-14-8-3-9-15-20/h1,4-5,10-11,18H,2-3,6-9,12-15H2/p+1. The SMILES string of the molecule is O=C(c1ccccc1)C(S[NH+]1CCCCC1)N1CCCCC1. The van der Waals surface area contributed by atoms with Crippen LogP contribution < -0.4 is 4.31 Å². The van der Waals surface area contributed by atoms with Gasteiger partial charge in [0.15, 0.2) is 11.2 Å². The number of quaternary nitrogens is 1. The zero-order valence-corrected chi connectivity index (χ0v) is 14.1. The van der Waals surface area contributed by atoms with Gasteiger partial charge in [-0.1, -0.05) is 36.8 Å². The Balaban J connectivity index is 1.73. The third-order valence-electron chi connectivity index (χ3n) is 4.69. The number of benzene rings is 1. The first-order valence-corrected chi connectivity index (χ1v) is 9.57. The van der Waals surface area contributed by atoms with E-state index in [1.54, 1.807) is 4.31 Å². The fourth-order valence-electron chi connectivity index (χ4n) is 3.41. The highest BCUT2D eigenvalue weighted by Gasteiger charge is 2.34. The molecule has 1 atom stereocenters. The smallest absolute Gasteiger partial charge is 0.195 e. The Morgan fingerprint density at radius 3 is 2.27 bits per heavy atom. The Labute approximate surface area is 138 Å². The van der Waals surface area contributed by atoms with E-state index in [2.05, 4.69) is 4.90 Å². The number of piperidine rings is 2. The molecule has 0 aromatic heterocycles. The molecule has 2 saturated heterocycles. The number of carbonyl (C=O) groups is 1. The van der Waals surface area contributed by atoms with E-state index in [0.717, 1.165) is 18.7 Å². The topological polar surface area (TPSA) is 24.8 Å². The molecule has 120 valence electrons. The second-order valence-corrected chi connectivity index (χ2v) is 7.66. The third-order valence-corrected chi connectivity index (χ3v) is 6.17. The Kier molecular flexibility index (Phi) is 5.93. The number of rotatable bonds is 5. The van der Waals surface area contributed by atoms with E-state index >= 15 is 0 Å². The molecule has 0 aliphatic carbocycles. The molecule has 1 aromatic carbocycles. The Hall–Kier alpha value is -0.840. The van der Waals surface area contributed by atoms with Gasteiger partial charge in [-0.25, -0.2) is 0 Å². The fourth-order valence-corrected chi connectivity index (χ4v) is 4.86. The monoisotopic (exact) mass is 319 g/mol. The van der Waals surface area contributed by atoms with E-state index in [1.807, 2.05) is 42.3 Å². The Morgan fingerprint density at radius 2 is 1.59 bits per heavy atom. The maximum atomic E-state index is 13.0. The number of nitrogens with zero attached hydrogens (tertiary/aromatic N) is 1. The van der Waals surface area contributed by atoms with Gasteiger partial charge in [-0.3, -0.25) is 14.0 Å². The van der Waals surface area contributed by atoms with Crippen LogP contribution in [-0.4, -0.2) is 42.2 Å². The van der Waals surface area contributed by atoms with Crippen LogP contribution in [0.2, 0.25) is 0 Å². The number of Topliss-reactive ketones (excluding diaryl/α,β-unsaturated/α-hetero) is 1. The van der Waals surface area contributed by atoms with Crippen molar-refractivity contribution >= 4 is 17.7 Å². The highest BCUT2D eigenvalue weighted by Crippen LogP contribution is 2.21. The number of hydrogen-bond acceptors (Lipinski definition) is 3. The van der Waals surface area contributed by atoms with E-state index in [0.29, 0.717) is 5.78 Å². The van der Waals surface area contributed by atoms with Crippen LogP contribution in [0.25, 0.3) is 0 Å². The van der Waals surface area contributed by atoms with Crippen molar-refractivity contribution in [1.29, 1.82) is 0 Å². The summed E-state index contributed by atoms with van der Waals surface area (Å²) >= 11 is 1.87. The molecular weight excluding hydrogens is 292 g/mol. The highest BCUT2D eigenvalue weighted by atomic mass is 32.2. The van der Waals surface area contributed by atoms with E-state index in [9.17, 15) is 4.79 Å².